The maximum atomic E-state index is 11.9. The smallest absolute Gasteiger partial charge is 0.243 e. The molecule has 0 aliphatic carbocycles. The van der Waals surface area contributed by atoms with Gasteiger partial charge in [-0.3, -0.25) is 4.79 Å². The summed E-state index contributed by atoms with van der Waals surface area (Å²) in [4.78, 5) is 21.7. The summed E-state index contributed by atoms with van der Waals surface area (Å²) in [6.45, 7) is 2.88. The number of hydrogen-bond acceptors (Lipinski definition) is 4. The summed E-state index contributed by atoms with van der Waals surface area (Å²) in [6.07, 6.45) is 1.99. The molecule has 1 atom stereocenters. The highest BCUT2D eigenvalue weighted by atomic mass is 127. The largest absolute Gasteiger partial charge is 0.369 e. The maximum Gasteiger partial charge on any atom is 0.243 e. The van der Waals surface area contributed by atoms with Crippen LogP contribution in [-0.4, -0.2) is 63.1 Å². The summed E-state index contributed by atoms with van der Waals surface area (Å²) < 4.78 is 0. The number of nitrogens with zero attached hydrogens (tertiary/aromatic N) is 3. The number of halogens is 1. The minimum Gasteiger partial charge on any atom is -0.369 e. The van der Waals surface area contributed by atoms with E-state index in [2.05, 4.69) is 62.3 Å². The van der Waals surface area contributed by atoms with Crippen LogP contribution in [0, 0.1) is 0 Å². The highest BCUT2D eigenvalue weighted by Crippen LogP contribution is 2.19. The van der Waals surface area contributed by atoms with Crippen molar-refractivity contribution in [1.29, 1.82) is 0 Å². The van der Waals surface area contributed by atoms with Gasteiger partial charge in [-0.1, -0.05) is 24.3 Å². The van der Waals surface area contributed by atoms with Gasteiger partial charge in [0.1, 0.15) is 6.54 Å². The Kier molecular flexibility index (Phi) is 9.72. The number of carbonyl (C=O) groups is 1. The van der Waals surface area contributed by atoms with Crippen LogP contribution in [-0.2, 0) is 11.2 Å². The van der Waals surface area contributed by atoms with E-state index in [9.17, 15) is 4.79 Å². The quantitative estimate of drug-likeness (QED) is 0.331. The van der Waals surface area contributed by atoms with Crippen LogP contribution in [0.4, 0.5) is 5.69 Å². The summed E-state index contributed by atoms with van der Waals surface area (Å²) in [5.74, 6) is 0.711. The number of thiophene rings is 1. The molecule has 2 aromatic rings. The molecule has 1 aromatic heterocycles. The van der Waals surface area contributed by atoms with Crippen molar-refractivity contribution in [2.24, 2.45) is 4.99 Å². The van der Waals surface area contributed by atoms with Crippen molar-refractivity contribution >= 4 is 52.9 Å². The lowest BCUT2D eigenvalue weighted by Crippen LogP contribution is -2.45. The van der Waals surface area contributed by atoms with Crippen LogP contribution in [0.15, 0.2) is 52.8 Å². The molecule has 1 amide bonds. The molecule has 1 aliphatic heterocycles. The Morgan fingerprint density at radius 1 is 1.24 bits per heavy atom. The van der Waals surface area contributed by atoms with Gasteiger partial charge < -0.3 is 20.4 Å². The highest BCUT2D eigenvalue weighted by molar-refractivity contribution is 14.0. The van der Waals surface area contributed by atoms with E-state index in [1.54, 1.807) is 30.3 Å². The number of aliphatic imine (C=N–C) groups is 1. The number of nitrogens with one attached hydrogen (secondary N) is 2. The first-order valence-electron chi connectivity index (χ1n) is 9.69. The van der Waals surface area contributed by atoms with E-state index in [0.717, 1.165) is 32.5 Å². The fourth-order valence-electron chi connectivity index (χ4n) is 3.14. The Hall–Kier alpha value is -1.81. The van der Waals surface area contributed by atoms with Crippen molar-refractivity contribution in [3.63, 3.8) is 0 Å². The Balaban J connectivity index is 0.00000300. The van der Waals surface area contributed by atoms with Crippen molar-refractivity contribution in [2.75, 3.05) is 45.2 Å². The van der Waals surface area contributed by atoms with Crippen LogP contribution in [0.25, 0.3) is 0 Å². The van der Waals surface area contributed by atoms with E-state index >= 15 is 0 Å². The van der Waals surface area contributed by atoms with E-state index < -0.39 is 0 Å². The number of amides is 1. The molecule has 2 heterocycles. The fraction of sp³-hybridized carbons (Fsp3) is 0.429. The van der Waals surface area contributed by atoms with Gasteiger partial charge in [0.25, 0.3) is 0 Å². The van der Waals surface area contributed by atoms with Crippen molar-refractivity contribution in [2.45, 2.75) is 18.9 Å². The van der Waals surface area contributed by atoms with Crippen molar-refractivity contribution in [3.8, 4) is 0 Å². The number of benzene rings is 1. The molecule has 8 heteroatoms. The topological polar surface area (TPSA) is 60.0 Å². The lowest BCUT2D eigenvalue weighted by molar-refractivity contribution is -0.127. The predicted octanol–water partition coefficient (Wildman–Crippen LogP) is 2.81. The molecular formula is C21H30IN5OS. The average molecular weight is 527 g/mol. The first kappa shape index (κ1) is 23.5. The van der Waals surface area contributed by atoms with E-state index in [0.29, 0.717) is 12.0 Å². The number of anilines is 1. The first-order chi connectivity index (χ1) is 13.6. The molecule has 1 aromatic carbocycles. The Labute approximate surface area is 194 Å². The van der Waals surface area contributed by atoms with Gasteiger partial charge in [-0.25, -0.2) is 4.99 Å². The maximum absolute atomic E-state index is 11.9. The number of hydrogen-bond donors (Lipinski definition) is 2. The molecule has 6 nitrogen and oxygen atoms in total. The van der Waals surface area contributed by atoms with Gasteiger partial charge in [-0.05, 0) is 36.4 Å². The van der Waals surface area contributed by atoms with E-state index in [1.165, 1.54) is 10.6 Å². The van der Waals surface area contributed by atoms with Crippen LogP contribution >= 0.6 is 35.3 Å². The highest BCUT2D eigenvalue weighted by Gasteiger charge is 2.23. The Bertz CT molecular complexity index is 767. The van der Waals surface area contributed by atoms with E-state index in [4.69, 9.17) is 0 Å². The van der Waals surface area contributed by atoms with Gasteiger partial charge in [0.2, 0.25) is 5.91 Å². The SMILES string of the molecule is CN(C)C(=O)CN=C(NCCc1cccs1)NC1CCN(c2ccccc2)C1.I. The van der Waals surface area contributed by atoms with Crippen LogP contribution in [0.3, 0.4) is 0 Å². The first-order valence-corrected chi connectivity index (χ1v) is 10.6. The number of likely N-dealkylation sites (N-methyl/N-ethyl adjacent to an activating group) is 1. The van der Waals surface area contributed by atoms with E-state index in [1.807, 2.05) is 6.07 Å². The number of guanidine groups is 1. The zero-order valence-electron chi connectivity index (χ0n) is 17.0. The van der Waals surface area contributed by atoms with E-state index in [-0.39, 0.29) is 36.4 Å². The van der Waals surface area contributed by atoms with Crippen LogP contribution < -0.4 is 15.5 Å². The fourth-order valence-corrected chi connectivity index (χ4v) is 3.85. The number of para-hydroxylation sites is 1. The van der Waals surface area contributed by atoms with Gasteiger partial charge in [0.05, 0.1) is 0 Å². The zero-order chi connectivity index (χ0) is 19.8. The summed E-state index contributed by atoms with van der Waals surface area (Å²) >= 11 is 1.76. The van der Waals surface area contributed by atoms with Gasteiger partial charge in [-0.2, -0.15) is 0 Å². The van der Waals surface area contributed by atoms with Gasteiger partial charge in [0, 0.05) is 50.3 Å². The predicted molar refractivity (Wildman–Crippen MR) is 133 cm³/mol. The molecule has 1 fully saturated rings. The van der Waals surface area contributed by atoms with Crippen LogP contribution in [0.5, 0.6) is 0 Å². The Morgan fingerprint density at radius 3 is 2.72 bits per heavy atom. The molecule has 0 spiro atoms. The molecule has 158 valence electrons. The number of carbonyl (C=O) groups excluding carboxylic acids is 1. The molecule has 2 N–H and O–H groups in total. The molecule has 1 unspecified atom stereocenters. The normalized spacial score (nSPS) is 16.3. The second kappa shape index (κ2) is 12.0. The molecule has 3 rings (SSSR count). The molecule has 0 radical (unpaired) electrons. The Morgan fingerprint density at radius 2 is 2.03 bits per heavy atom. The summed E-state index contributed by atoms with van der Waals surface area (Å²) in [6, 6.07) is 15.0. The van der Waals surface area contributed by atoms with Gasteiger partial charge >= 0.3 is 0 Å². The standard InChI is InChI=1S/C21H29N5OS.HI/c1-25(2)20(27)15-23-21(22-12-10-19-9-6-14-28-19)24-17-11-13-26(16-17)18-7-4-3-5-8-18;/h3-9,14,17H,10-13,15-16H2,1-2H3,(H2,22,23,24);1H. The summed E-state index contributed by atoms with van der Waals surface area (Å²) in [5.41, 5.74) is 1.25. The number of rotatable bonds is 7. The average Bonchev–Trinajstić information content (AvgIpc) is 3.38. The zero-order valence-corrected chi connectivity index (χ0v) is 20.2. The van der Waals surface area contributed by atoms with Crippen molar-refractivity contribution in [1.82, 2.24) is 15.5 Å². The molecule has 0 bridgehead atoms. The molecule has 0 saturated carbocycles. The minimum absolute atomic E-state index is 0. The molecule has 1 aliphatic rings. The third kappa shape index (κ3) is 7.50. The molecule has 1 saturated heterocycles. The van der Waals surface area contributed by atoms with Crippen molar-refractivity contribution in [3.05, 3.63) is 52.7 Å². The lowest BCUT2D eigenvalue weighted by Gasteiger charge is -2.20. The van der Waals surface area contributed by atoms with Crippen LogP contribution in [0.1, 0.15) is 11.3 Å². The summed E-state index contributed by atoms with van der Waals surface area (Å²) in [5, 5.41) is 9.00. The summed E-state index contributed by atoms with van der Waals surface area (Å²) in [7, 11) is 3.51. The molecular weight excluding hydrogens is 497 g/mol. The van der Waals surface area contributed by atoms with Gasteiger partial charge in [-0.15, -0.1) is 35.3 Å². The molecule has 29 heavy (non-hydrogen) atoms. The van der Waals surface area contributed by atoms with Crippen molar-refractivity contribution < 1.29 is 4.79 Å². The second-order valence-corrected chi connectivity index (χ2v) is 8.15. The third-order valence-electron chi connectivity index (χ3n) is 4.77. The van der Waals surface area contributed by atoms with Crippen LogP contribution in [0.2, 0.25) is 0 Å². The second-order valence-electron chi connectivity index (χ2n) is 7.12. The monoisotopic (exact) mass is 527 g/mol. The third-order valence-corrected chi connectivity index (χ3v) is 5.70. The van der Waals surface area contributed by atoms with Gasteiger partial charge in [0.15, 0.2) is 5.96 Å². The minimum atomic E-state index is -0.00306. The lowest BCUT2D eigenvalue weighted by atomic mass is 10.2.